The minimum atomic E-state index is -5.97. The third-order valence-corrected chi connectivity index (χ3v) is 26.1. The zero-order chi connectivity index (χ0) is 86.1. The van der Waals surface area contributed by atoms with E-state index in [0.29, 0.717) is 27.5 Å². The molecule has 0 aromatic heterocycles. The van der Waals surface area contributed by atoms with Crippen molar-refractivity contribution < 1.29 is 101 Å². The molecule has 0 aliphatic carbocycles. The highest BCUT2D eigenvalue weighted by atomic mass is 79.9. The number of halogens is 8. The van der Waals surface area contributed by atoms with Crippen LogP contribution in [-0.2, 0) is 79.3 Å². The molecule has 0 amide bonds. The number of hydrogen-bond donors (Lipinski definition) is 4. The third-order valence-electron chi connectivity index (χ3n) is 21.5. The lowest BCUT2D eigenvalue weighted by molar-refractivity contribution is -0.376. The van der Waals surface area contributed by atoms with Crippen LogP contribution in [0.1, 0.15) is 175 Å². The summed E-state index contributed by atoms with van der Waals surface area (Å²) in [7, 11) is -8.80. The Hall–Kier alpha value is -6.02. The molecule has 0 spiro atoms. The summed E-state index contributed by atoms with van der Waals surface area (Å²) >= 11 is 6.60. The highest BCUT2D eigenvalue weighted by Crippen LogP contribution is 2.51. The second-order valence-electron chi connectivity index (χ2n) is 33.7. The van der Waals surface area contributed by atoms with Gasteiger partial charge < -0.3 is 57.7 Å². The maximum atomic E-state index is 13.0. The molecule has 16 nitrogen and oxygen atoms in total. The Morgan fingerprint density at radius 2 is 0.491 bits per heavy atom. The summed E-state index contributed by atoms with van der Waals surface area (Å²) in [6, 6.07) is 54.2. The monoisotopic (exact) mass is 1750 g/mol. The average Bonchev–Trinajstić information content (AvgIpc) is 1.28. The number of hydrogen-bond acceptors (Lipinski definition) is 16. The Morgan fingerprint density at radius 1 is 0.289 bits per heavy atom. The summed E-state index contributed by atoms with van der Waals surface area (Å²) in [4.78, 5) is 0.674. The molecule has 114 heavy (non-hydrogen) atoms. The van der Waals surface area contributed by atoms with Gasteiger partial charge in [0.05, 0.1) is 81.2 Å². The Kier molecular flexibility index (Phi) is 29.0. The van der Waals surface area contributed by atoms with E-state index in [4.69, 9.17) is 37.2 Å². The first-order chi connectivity index (χ1) is 51.8. The van der Waals surface area contributed by atoms with Crippen molar-refractivity contribution in [3.05, 3.63) is 237 Å². The molecule has 30 heteroatoms. The Labute approximate surface area is 687 Å². The lowest BCUT2D eigenvalue weighted by Crippen LogP contribution is -2.53. The first kappa shape index (κ1) is 95.1. The molecule has 0 atom stereocenters. The smallest absolute Gasteiger partial charge is 0.405 e. The van der Waals surface area contributed by atoms with Gasteiger partial charge in [0.1, 0.15) is 0 Å². The topological polar surface area (TPSA) is 223 Å². The van der Waals surface area contributed by atoms with Gasteiger partial charge in [0, 0.05) is 14.5 Å². The predicted octanol–water partition coefficient (Wildman–Crippen LogP) is 18.1. The molecule has 0 saturated carbocycles. The van der Waals surface area contributed by atoms with E-state index in [1.807, 2.05) is 184 Å². The fourth-order valence-electron chi connectivity index (χ4n) is 11.2. The highest BCUT2D eigenvalue weighted by Gasteiger charge is 2.71. The van der Waals surface area contributed by atoms with Crippen LogP contribution >= 0.6 is 31.9 Å². The molecule has 8 aromatic rings. The number of sulfone groups is 2. The van der Waals surface area contributed by atoms with Crippen molar-refractivity contribution >= 4 is 90.7 Å². The van der Waals surface area contributed by atoms with E-state index in [1.54, 1.807) is 114 Å². The van der Waals surface area contributed by atoms with Crippen LogP contribution in [0.4, 0.5) is 26.3 Å². The van der Waals surface area contributed by atoms with Crippen LogP contribution in [0, 0.1) is 0 Å². The van der Waals surface area contributed by atoms with Gasteiger partial charge in [-0.15, -0.1) is 0 Å². The molecule has 0 unspecified atom stereocenters. The van der Waals surface area contributed by atoms with Crippen LogP contribution in [0.3, 0.4) is 0 Å². The standard InChI is InChI=1S/C21H14F6O3S.2C15H23BO3.C12H24B2O4.C12H9BrO2S.C9H11BrO/c22-20(23,24)19(28,21(25,26)27)16-10-6-14(7-11-16)15-8-12-18(13-9-15)31(29,30)17-4-2-1-3-5-17;2*1-13(2,17)11-7-9-12(10-8-11)16-18-14(3,4)15(5,6)19-16;1-9(2)10(3,4)16-13(15-9)14-17-11(5,6)12(7,8)18-14;13-10-6-8-12(9-7-10)16(14,15)11-4-2-1-3-5-11;1-9(2,11)7-3-5-8(10)6-4-7/h1-13,28H;2*7-10,17H,1-6H3;1-8H3;1-9H;3-6,11H,1-2H3. The first-order valence-electron chi connectivity index (χ1n) is 36.8. The summed E-state index contributed by atoms with van der Waals surface area (Å²) in [6.45, 7) is 43.2. The van der Waals surface area contributed by atoms with E-state index >= 15 is 0 Å². The molecular weight excluding hydrogens is 1650 g/mol. The largest absolute Gasteiger partial charge is 0.494 e. The van der Waals surface area contributed by atoms with Gasteiger partial charge in [-0.3, -0.25) is 0 Å². The van der Waals surface area contributed by atoms with Crippen molar-refractivity contribution in [3.8, 4) is 11.1 Å². The van der Waals surface area contributed by atoms with Crippen LogP contribution < -0.4 is 10.9 Å². The Balaban J connectivity index is 0.000000195. The zero-order valence-electron chi connectivity index (χ0n) is 68.5. The molecule has 0 bridgehead atoms. The van der Waals surface area contributed by atoms with Gasteiger partial charge in [0.2, 0.25) is 19.7 Å². The summed E-state index contributed by atoms with van der Waals surface area (Å²) in [5.74, 6) is 0. The van der Waals surface area contributed by atoms with Crippen LogP contribution in [0.2, 0.25) is 0 Å². The SMILES string of the molecule is CC(C)(O)c1ccc(B2OC(C)(C)C(C)(C)O2)cc1.CC(C)(O)c1ccc(B2OC(C)(C)C(C)(C)O2)cc1.CC(C)(O)c1ccc(Br)cc1.CC1(C)OB(B2OC(C)(C)C(C)(C)O2)OC1(C)C.O=S(=O)(c1ccccc1)c1ccc(-c2ccc(C(O)(C(F)(F)F)C(F)(F)F)cc2)cc1.O=S(=O)(c1ccccc1)c1ccc(Br)cc1. The van der Waals surface area contributed by atoms with Gasteiger partial charge in [-0.05, 0) is 264 Å². The van der Waals surface area contributed by atoms with E-state index in [1.165, 1.54) is 36.4 Å². The van der Waals surface area contributed by atoms with E-state index in [2.05, 4.69) is 31.9 Å². The summed E-state index contributed by atoms with van der Waals surface area (Å²) < 4.78 is 177. The molecule has 4 heterocycles. The molecule has 4 aliphatic rings. The van der Waals surface area contributed by atoms with Crippen LogP contribution in [0.5, 0.6) is 0 Å². The predicted molar refractivity (Wildman–Crippen MR) is 442 cm³/mol. The first-order valence-corrected chi connectivity index (χ1v) is 41.4. The van der Waals surface area contributed by atoms with Crippen molar-refractivity contribution in [3.63, 3.8) is 0 Å². The third kappa shape index (κ3) is 22.5. The Morgan fingerprint density at radius 3 is 0.737 bits per heavy atom. The molecule has 4 N–H and O–H groups in total. The number of alkyl halides is 6. The van der Waals surface area contributed by atoms with Crippen LogP contribution in [-0.4, -0.2) is 123 Å². The minimum absolute atomic E-state index is 0.0254. The maximum Gasteiger partial charge on any atom is 0.494 e. The fraction of sp³-hybridized carbons (Fsp3) is 0.429. The summed E-state index contributed by atoms with van der Waals surface area (Å²) in [5, 5.41) is 38.9. The molecule has 12 rings (SSSR count). The maximum absolute atomic E-state index is 13.0. The molecule has 616 valence electrons. The molecule has 4 saturated heterocycles. The van der Waals surface area contributed by atoms with E-state index in [-0.39, 0.29) is 74.4 Å². The second kappa shape index (κ2) is 34.7. The van der Waals surface area contributed by atoms with E-state index in [0.717, 1.165) is 48.7 Å². The van der Waals surface area contributed by atoms with Gasteiger partial charge in [-0.25, -0.2) is 16.8 Å². The minimum Gasteiger partial charge on any atom is -0.405 e. The van der Waals surface area contributed by atoms with Gasteiger partial charge >= 0.3 is 40.6 Å². The lowest BCUT2D eigenvalue weighted by Gasteiger charge is -2.32. The number of rotatable bonds is 12. The quantitative estimate of drug-likeness (QED) is 0.0659. The van der Waals surface area contributed by atoms with Crippen molar-refractivity contribution in [2.45, 2.75) is 251 Å². The van der Waals surface area contributed by atoms with Gasteiger partial charge in [-0.1, -0.05) is 165 Å². The molecule has 4 aliphatic heterocycles. The van der Waals surface area contributed by atoms with Crippen LogP contribution in [0.25, 0.3) is 11.1 Å². The second-order valence-corrected chi connectivity index (χ2v) is 39.5. The van der Waals surface area contributed by atoms with Crippen LogP contribution in [0.15, 0.2) is 235 Å². The van der Waals surface area contributed by atoms with Gasteiger partial charge in [0.25, 0.3) is 5.60 Å². The fourth-order valence-corrected chi connectivity index (χ4v) is 14.3. The number of benzene rings is 8. The zero-order valence-corrected chi connectivity index (χ0v) is 73.3. The Bertz CT molecular complexity index is 4530. The van der Waals surface area contributed by atoms with E-state index < -0.39 is 74.0 Å². The highest BCUT2D eigenvalue weighted by molar-refractivity contribution is 9.10. The van der Waals surface area contributed by atoms with Crippen molar-refractivity contribution in [1.82, 2.24) is 0 Å². The molecule has 4 fully saturated rings. The number of aliphatic hydroxyl groups is 4. The van der Waals surface area contributed by atoms with Gasteiger partial charge in [-0.2, -0.15) is 26.3 Å². The average molecular weight is 1750 g/mol. The van der Waals surface area contributed by atoms with Crippen molar-refractivity contribution in [2.75, 3.05) is 0 Å². The molecule has 8 aromatic carbocycles. The lowest BCUT2D eigenvalue weighted by atomic mass is 9.49. The normalized spacial score (nSPS) is 18.6. The molecule has 0 radical (unpaired) electrons. The summed E-state index contributed by atoms with van der Waals surface area (Å²) in [6.07, 6.45) is -11.9. The van der Waals surface area contributed by atoms with Crippen molar-refractivity contribution in [2.24, 2.45) is 0 Å². The summed E-state index contributed by atoms with van der Waals surface area (Å²) in [5.41, 5.74) is -6.27. The molecular formula is C84H104B4Br2F6O16S2. The van der Waals surface area contributed by atoms with Gasteiger partial charge in [0.15, 0.2) is 0 Å². The van der Waals surface area contributed by atoms with Crippen molar-refractivity contribution in [1.29, 1.82) is 0 Å². The van der Waals surface area contributed by atoms with E-state index in [9.17, 15) is 63.6 Å².